The highest BCUT2D eigenvalue weighted by Crippen LogP contribution is 2.32. The summed E-state index contributed by atoms with van der Waals surface area (Å²) < 4.78 is 0. The molecule has 1 atom stereocenters. The molecule has 1 unspecified atom stereocenters. The van der Waals surface area contributed by atoms with E-state index in [-0.39, 0.29) is 33.9 Å². The highest BCUT2D eigenvalue weighted by Gasteiger charge is 2.34. The lowest BCUT2D eigenvalue weighted by Crippen LogP contribution is -2.41. The Bertz CT molecular complexity index is 1570. The SMILES string of the molecule is O=C(Nc1ccc([N+](=O)[O-])cc1)C(c1ccc([N+](=O)[O-])cc1)N(C(=O)c1ccc([N+](=O)[O-])cc1)c1ccccc1. The van der Waals surface area contributed by atoms with Gasteiger partial charge >= 0.3 is 0 Å². The highest BCUT2D eigenvalue weighted by atomic mass is 16.6. The van der Waals surface area contributed by atoms with E-state index >= 15 is 0 Å². The fraction of sp³-hybridized carbons (Fsp3) is 0.0370. The number of nitrogens with zero attached hydrogens (tertiary/aromatic N) is 4. The van der Waals surface area contributed by atoms with E-state index in [1.807, 2.05) is 0 Å². The second-order valence-corrected chi connectivity index (χ2v) is 8.36. The van der Waals surface area contributed by atoms with Crippen molar-refractivity contribution in [3.63, 3.8) is 0 Å². The third kappa shape index (κ3) is 5.94. The van der Waals surface area contributed by atoms with E-state index in [1.165, 1.54) is 65.6 Å². The molecule has 4 aromatic rings. The van der Waals surface area contributed by atoms with Gasteiger partial charge in [-0.2, -0.15) is 0 Å². The Labute approximate surface area is 225 Å². The predicted octanol–water partition coefficient (Wildman–Crippen LogP) is 5.44. The summed E-state index contributed by atoms with van der Waals surface area (Å²) in [7, 11) is 0. The van der Waals surface area contributed by atoms with Gasteiger partial charge in [-0.1, -0.05) is 18.2 Å². The molecule has 0 aliphatic rings. The van der Waals surface area contributed by atoms with Crippen molar-refractivity contribution in [2.24, 2.45) is 0 Å². The zero-order chi connectivity index (χ0) is 28.8. The predicted molar refractivity (Wildman–Crippen MR) is 144 cm³/mol. The molecular weight excluding hydrogens is 522 g/mol. The lowest BCUT2D eigenvalue weighted by atomic mass is 10.0. The first-order valence-electron chi connectivity index (χ1n) is 11.6. The van der Waals surface area contributed by atoms with Crippen LogP contribution in [0.3, 0.4) is 0 Å². The van der Waals surface area contributed by atoms with Gasteiger partial charge in [-0.25, -0.2) is 0 Å². The average Bonchev–Trinajstić information content (AvgIpc) is 2.96. The van der Waals surface area contributed by atoms with Crippen molar-refractivity contribution in [3.8, 4) is 0 Å². The van der Waals surface area contributed by atoms with Gasteiger partial charge in [0.05, 0.1) is 14.8 Å². The molecule has 0 saturated heterocycles. The molecular formula is C27H19N5O8. The van der Waals surface area contributed by atoms with E-state index in [4.69, 9.17) is 0 Å². The van der Waals surface area contributed by atoms with E-state index in [9.17, 15) is 39.9 Å². The van der Waals surface area contributed by atoms with Crippen LogP contribution in [0.1, 0.15) is 22.0 Å². The molecule has 0 spiro atoms. The third-order valence-corrected chi connectivity index (χ3v) is 5.85. The van der Waals surface area contributed by atoms with Gasteiger partial charge in [0.25, 0.3) is 28.9 Å². The number of hydrogen-bond acceptors (Lipinski definition) is 8. The third-order valence-electron chi connectivity index (χ3n) is 5.85. The Morgan fingerprint density at radius 1 is 0.625 bits per heavy atom. The molecule has 0 fully saturated rings. The molecule has 0 heterocycles. The summed E-state index contributed by atoms with van der Waals surface area (Å²) in [5.74, 6) is -1.40. The zero-order valence-electron chi connectivity index (χ0n) is 20.4. The van der Waals surface area contributed by atoms with Crippen molar-refractivity contribution in [2.45, 2.75) is 6.04 Å². The van der Waals surface area contributed by atoms with Crippen molar-refractivity contribution < 1.29 is 24.4 Å². The maximum absolute atomic E-state index is 13.9. The fourth-order valence-corrected chi connectivity index (χ4v) is 3.91. The molecule has 2 amide bonds. The van der Waals surface area contributed by atoms with Crippen molar-refractivity contribution in [1.82, 2.24) is 0 Å². The van der Waals surface area contributed by atoms with Gasteiger partial charge in [-0.05, 0) is 54.1 Å². The number of nitrogens with one attached hydrogen (secondary N) is 1. The summed E-state index contributed by atoms with van der Waals surface area (Å²) in [6, 6.07) is 21.8. The zero-order valence-corrected chi connectivity index (χ0v) is 20.4. The summed E-state index contributed by atoms with van der Waals surface area (Å²) in [6.45, 7) is 0. The van der Waals surface area contributed by atoms with Crippen molar-refractivity contribution in [3.05, 3.63) is 145 Å². The Balaban J connectivity index is 1.82. The smallest absolute Gasteiger partial charge is 0.269 e. The Morgan fingerprint density at radius 3 is 1.55 bits per heavy atom. The minimum absolute atomic E-state index is 0.0458. The molecule has 1 N–H and O–H groups in total. The molecule has 13 nitrogen and oxygen atoms in total. The Kier molecular flexibility index (Phi) is 7.85. The molecule has 13 heteroatoms. The summed E-state index contributed by atoms with van der Waals surface area (Å²) in [6.07, 6.45) is 0. The second-order valence-electron chi connectivity index (χ2n) is 8.36. The van der Waals surface area contributed by atoms with E-state index in [1.54, 1.807) is 30.3 Å². The van der Waals surface area contributed by atoms with Gasteiger partial charge in [0.2, 0.25) is 0 Å². The minimum Gasteiger partial charge on any atom is -0.324 e. The van der Waals surface area contributed by atoms with E-state index in [0.717, 1.165) is 12.1 Å². The van der Waals surface area contributed by atoms with Crippen LogP contribution in [0.2, 0.25) is 0 Å². The number of anilines is 2. The van der Waals surface area contributed by atoms with Gasteiger partial charge in [0.15, 0.2) is 0 Å². The standard InChI is InChI=1S/C27H19N5O8/c33-26(28-20-10-16-24(17-11-20)32(39)40)25(18-6-12-22(13-7-18)30(35)36)29(21-4-2-1-3-5-21)27(34)19-8-14-23(15-9-19)31(37)38/h1-17,25H,(H,28,33). The number of nitro groups is 3. The molecule has 0 saturated carbocycles. The normalized spacial score (nSPS) is 11.2. The van der Waals surface area contributed by atoms with Crippen LogP contribution in [-0.4, -0.2) is 26.6 Å². The lowest BCUT2D eigenvalue weighted by Gasteiger charge is -2.31. The van der Waals surface area contributed by atoms with E-state index < -0.39 is 32.6 Å². The molecule has 4 aromatic carbocycles. The van der Waals surface area contributed by atoms with E-state index in [2.05, 4.69) is 5.32 Å². The largest absolute Gasteiger partial charge is 0.324 e. The number of nitro benzene ring substituents is 3. The van der Waals surface area contributed by atoms with Crippen LogP contribution in [0.5, 0.6) is 0 Å². The first-order chi connectivity index (χ1) is 19.2. The Hall–Kier alpha value is -5.98. The number of carbonyl (C=O) groups excluding carboxylic acids is 2. The van der Waals surface area contributed by atoms with Crippen LogP contribution in [0.4, 0.5) is 28.4 Å². The van der Waals surface area contributed by atoms with Gasteiger partial charge in [-0.3, -0.25) is 44.8 Å². The highest BCUT2D eigenvalue weighted by molar-refractivity contribution is 6.12. The van der Waals surface area contributed by atoms with Crippen LogP contribution >= 0.6 is 0 Å². The Morgan fingerprint density at radius 2 is 1.07 bits per heavy atom. The number of benzene rings is 4. The maximum Gasteiger partial charge on any atom is 0.269 e. The summed E-state index contributed by atoms with van der Waals surface area (Å²) >= 11 is 0. The number of para-hydroxylation sites is 1. The molecule has 0 aliphatic carbocycles. The molecule has 4 rings (SSSR count). The monoisotopic (exact) mass is 541 g/mol. The van der Waals surface area contributed by atoms with Crippen LogP contribution < -0.4 is 10.2 Å². The summed E-state index contributed by atoms with van der Waals surface area (Å²) in [5.41, 5.74) is 0.126. The summed E-state index contributed by atoms with van der Waals surface area (Å²) in [5, 5.41) is 36.0. The first kappa shape index (κ1) is 27.1. The van der Waals surface area contributed by atoms with Crippen LogP contribution in [0.25, 0.3) is 0 Å². The maximum atomic E-state index is 13.9. The quantitative estimate of drug-likeness (QED) is 0.215. The van der Waals surface area contributed by atoms with Gasteiger partial charge in [0.1, 0.15) is 6.04 Å². The minimum atomic E-state index is -1.37. The molecule has 200 valence electrons. The number of hydrogen-bond donors (Lipinski definition) is 1. The van der Waals surface area contributed by atoms with Crippen LogP contribution in [0, 0.1) is 30.3 Å². The van der Waals surface area contributed by atoms with Gasteiger partial charge < -0.3 is 5.32 Å². The van der Waals surface area contributed by atoms with Crippen LogP contribution in [-0.2, 0) is 4.79 Å². The molecule has 0 bridgehead atoms. The number of carbonyl (C=O) groups is 2. The van der Waals surface area contributed by atoms with Gasteiger partial charge in [-0.15, -0.1) is 0 Å². The summed E-state index contributed by atoms with van der Waals surface area (Å²) in [4.78, 5) is 60.4. The van der Waals surface area contributed by atoms with Crippen molar-refractivity contribution in [1.29, 1.82) is 0 Å². The number of non-ortho nitro benzene ring substituents is 3. The molecule has 40 heavy (non-hydrogen) atoms. The molecule has 0 aliphatic heterocycles. The molecule has 0 radical (unpaired) electrons. The fourth-order valence-electron chi connectivity index (χ4n) is 3.91. The number of rotatable bonds is 9. The first-order valence-corrected chi connectivity index (χ1v) is 11.6. The lowest BCUT2D eigenvalue weighted by molar-refractivity contribution is -0.385. The van der Waals surface area contributed by atoms with Crippen molar-refractivity contribution in [2.75, 3.05) is 10.2 Å². The number of amides is 2. The topological polar surface area (TPSA) is 179 Å². The van der Waals surface area contributed by atoms with E-state index in [0.29, 0.717) is 5.69 Å². The van der Waals surface area contributed by atoms with Crippen LogP contribution in [0.15, 0.2) is 103 Å². The van der Waals surface area contributed by atoms with Crippen molar-refractivity contribution >= 4 is 40.3 Å². The second kappa shape index (κ2) is 11.6. The van der Waals surface area contributed by atoms with Gasteiger partial charge in [0, 0.05) is 53.3 Å². The average molecular weight is 541 g/mol. The molecule has 0 aromatic heterocycles.